The molecule has 0 bridgehead atoms. The predicted molar refractivity (Wildman–Crippen MR) is 69.0 cm³/mol. The Morgan fingerprint density at radius 2 is 1.81 bits per heavy atom. The van der Waals surface area contributed by atoms with Crippen LogP contribution in [0.15, 0.2) is 18.2 Å². The van der Waals surface area contributed by atoms with E-state index in [0.717, 1.165) is 11.3 Å². The quantitative estimate of drug-likeness (QED) is 0.871. The molecule has 1 rings (SSSR count). The second kappa shape index (κ2) is 5.55. The third kappa shape index (κ3) is 3.39. The fourth-order valence-electron chi connectivity index (χ4n) is 1.23. The minimum absolute atomic E-state index is 0.00549. The molecular formula is C13H20ClNO. The zero-order valence-corrected chi connectivity index (χ0v) is 11.1. The maximum atomic E-state index is 6.14. The molecule has 1 aromatic carbocycles. The van der Waals surface area contributed by atoms with Crippen LogP contribution in [-0.4, -0.2) is 6.10 Å². The molecule has 0 radical (unpaired) electrons. The van der Waals surface area contributed by atoms with Gasteiger partial charge in [-0.25, -0.2) is 0 Å². The fourth-order valence-corrected chi connectivity index (χ4v) is 1.47. The van der Waals surface area contributed by atoms with Crippen molar-refractivity contribution in [2.75, 3.05) is 0 Å². The summed E-state index contributed by atoms with van der Waals surface area (Å²) < 4.78 is 5.77. The number of nitrogens with two attached hydrogens (primary N) is 1. The first-order valence-electron chi connectivity index (χ1n) is 5.63. The summed E-state index contributed by atoms with van der Waals surface area (Å²) in [6, 6.07) is 5.71. The third-order valence-electron chi connectivity index (χ3n) is 2.73. The Hall–Kier alpha value is -0.730. The van der Waals surface area contributed by atoms with E-state index in [4.69, 9.17) is 22.1 Å². The SMILES string of the molecule is CC(N)c1ccc(OC(C)C(C)C)c(Cl)c1. The highest BCUT2D eigenvalue weighted by Crippen LogP contribution is 2.28. The molecule has 0 aliphatic rings. The molecule has 0 spiro atoms. The lowest BCUT2D eigenvalue weighted by Crippen LogP contribution is -2.18. The molecule has 0 aromatic heterocycles. The lowest BCUT2D eigenvalue weighted by molar-refractivity contribution is 0.170. The van der Waals surface area contributed by atoms with E-state index in [9.17, 15) is 0 Å². The topological polar surface area (TPSA) is 35.2 Å². The summed E-state index contributed by atoms with van der Waals surface area (Å²) in [6.45, 7) is 8.22. The molecule has 2 unspecified atom stereocenters. The van der Waals surface area contributed by atoms with Crippen molar-refractivity contribution in [3.05, 3.63) is 28.8 Å². The third-order valence-corrected chi connectivity index (χ3v) is 3.03. The summed E-state index contributed by atoms with van der Waals surface area (Å²) in [7, 11) is 0. The Labute approximate surface area is 103 Å². The van der Waals surface area contributed by atoms with E-state index in [0.29, 0.717) is 10.9 Å². The van der Waals surface area contributed by atoms with Gasteiger partial charge in [0.1, 0.15) is 5.75 Å². The summed E-state index contributed by atoms with van der Waals surface area (Å²) in [5, 5.41) is 0.627. The number of rotatable bonds is 4. The molecule has 0 amide bonds. The normalized spacial score (nSPS) is 14.9. The molecule has 0 saturated carbocycles. The minimum atomic E-state index is -0.00549. The molecule has 1 aromatic rings. The Morgan fingerprint density at radius 3 is 2.25 bits per heavy atom. The lowest BCUT2D eigenvalue weighted by atomic mass is 10.1. The second-order valence-corrected chi connectivity index (χ2v) is 4.95. The average Bonchev–Trinajstić information content (AvgIpc) is 2.20. The highest BCUT2D eigenvalue weighted by Gasteiger charge is 2.12. The Kier molecular flexibility index (Phi) is 4.63. The van der Waals surface area contributed by atoms with Gasteiger partial charge < -0.3 is 10.5 Å². The van der Waals surface area contributed by atoms with Crippen LogP contribution in [0, 0.1) is 5.92 Å². The van der Waals surface area contributed by atoms with Crippen molar-refractivity contribution in [3.8, 4) is 5.75 Å². The summed E-state index contributed by atoms with van der Waals surface area (Å²) >= 11 is 6.14. The van der Waals surface area contributed by atoms with E-state index in [2.05, 4.69) is 13.8 Å². The summed E-state index contributed by atoms with van der Waals surface area (Å²) in [6.07, 6.45) is 0.152. The van der Waals surface area contributed by atoms with Crippen molar-refractivity contribution < 1.29 is 4.74 Å². The van der Waals surface area contributed by atoms with Gasteiger partial charge in [-0.2, -0.15) is 0 Å². The van der Waals surface area contributed by atoms with Crippen molar-refractivity contribution >= 4 is 11.6 Å². The first-order valence-corrected chi connectivity index (χ1v) is 6.01. The van der Waals surface area contributed by atoms with Crippen LogP contribution in [0.1, 0.15) is 39.3 Å². The van der Waals surface area contributed by atoms with E-state index < -0.39 is 0 Å². The highest BCUT2D eigenvalue weighted by molar-refractivity contribution is 6.32. The molecule has 0 saturated heterocycles. The van der Waals surface area contributed by atoms with E-state index >= 15 is 0 Å². The summed E-state index contributed by atoms with van der Waals surface area (Å²) in [5.41, 5.74) is 6.81. The van der Waals surface area contributed by atoms with E-state index in [1.54, 1.807) is 0 Å². The molecule has 2 nitrogen and oxygen atoms in total. The molecule has 2 atom stereocenters. The zero-order valence-electron chi connectivity index (χ0n) is 10.3. The van der Waals surface area contributed by atoms with E-state index in [1.165, 1.54) is 0 Å². The number of halogens is 1. The average molecular weight is 242 g/mol. The van der Waals surface area contributed by atoms with Gasteiger partial charge in [0.05, 0.1) is 11.1 Å². The van der Waals surface area contributed by atoms with Crippen molar-refractivity contribution in [2.24, 2.45) is 11.7 Å². The van der Waals surface area contributed by atoms with Crippen molar-refractivity contribution in [1.29, 1.82) is 0 Å². The Bertz CT molecular complexity index is 350. The lowest BCUT2D eigenvalue weighted by Gasteiger charge is -2.19. The van der Waals surface area contributed by atoms with Crippen LogP contribution in [0.3, 0.4) is 0 Å². The van der Waals surface area contributed by atoms with Crippen molar-refractivity contribution in [3.63, 3.8) is 0 Å². The number of ether oxygens (including phenoxy) is 1. The van der Waals surface area contributed by atoms with Gasteiger partial charge in [-0.15, -0.1) is 0 Å². The van der Waals surface area contributed by atoms with Gasteiger partial charge in [-0.1, -0.05) is 31.5 Å². The van der Waals surface area contributed by atoms with Crippen LogP contribution in [0.2, 0.25) is 5.02 Å². The second-order valence-electron chi connectivity index (χ2n) is 4.55. The van der Waals surface area contributed by atoms with Crippen LogP contribution in [-0.2, 0) is 0 Å². The van der Waals surface area contributed by atoms with Crippen LogP contribution < -0.4 is 10.5 Å². The van der Waals surface area contributed by atoms with Crippen LogP contribution in [0.25, 0.3) is 0 Å². The maximum Gasteiger partial charge on any atom is 0.138 e. The predicted octanol–water partition coefficient (Wildman–Crippen LogP) is 3.78. The Morgan fingerprint density at radius 1 is 1.19 bits per heavy atom. The summed E-state index contributed by atoms with van der Waals surface area (Å²) in [4.78, 5) is 0. The van der Waals surface area contributed by atoms with Gasteiger partial charge in [0, 0.05) is 6.04 Å². The molecule has 3 heteroatoms. The highest BCUT2D eigenvalue weighted by atomic mass is 35.5. The van der Waals surface area contributed by atoms with Crippen molar-refractivity contribution in [2.45, 2.75) is 39.8 Å². The number of hydrogen-bond acceptors (Lipinski definition) is 2. The summed E-state index contributed by atoms with van der Waals surface area (Å²) in [5.74, 6) is 1.19. The first-order chi connectivity index (χ1) is 7.41. The largest absolute Gasteiger partial charge is 0.489 e. The van der Waals surface area contributed by atoms with Crippen LogP contribution in [0.4, 0.5) is 0 Å². The number of hydrogen-bond donors (Lipinski definition) is 1. The van der Waals surface area contributed by atoms with Gasteiger partial charge >= 0.3 is 0 Å². The zero-order chi connectivity index (χ0) is 12.3. The molecule has 0 aliphatic heterocycles. The van der Waals surface area contributed by atoms with Gasteiger partial charge in [-0.05, 0) is 37.5 Å². The fraction of sp³-hybridized carbons (Fsp3) is 0.538. The smallest absolute Gasteiger partial charge is 0.138 e. The molecular weight excluding hydrogens is 222 g/mol. The molecule has 90 valence electrons. The van der Waals surface area contributed by atoms with Crippen LogP contribution >= 0.6 is 11.6 Å². The Balaban J connectivity index is 2.83. The molecule has 0 fully saturated rings. The van der Waals surface area contributed by atoms with Gasteiger partial charge in [0.2, 0.25) is 0 Å². The first kappa shape index (κ1) is 13.3. The monoisotopic (exact) mass is 241 g/mol. The maximum absolute atomic E-state index is 6.14. The van der Waals surface area contributed by atoms with Gasteiger partial charge in [-0.3, -0.25) is 0 Å². The molecule has 16 heavy (non-hydrogen) atoms. The van der Waals surface area contributed by atoms with Gasteiger partial charge in [0.25, 0.3) is 0 Å². The standard InChI is InChI=1S/C13H20ClNO/c1-8(2)10(4)16-13-6-5-11(9(3)15)7-12(13)14/h5-10H,15H2,1-4H3. The molecule has 2 N–H and O–H groups in total. The molecule has 0 aliphatic carbocycles. The van der Waals surface area contributed by atoms with Crippen LogP contribution in [0.5, 0.6) is 5.75 Å². The van der Waals surface area contributed by atoms with E-state index in [1.807, 2.05) is 32.0 Å². The number of benzene rings is 1. The molecule has 0 heterocycles. The minimum Gasteiger partial charge on any atom is -0.489 e. The van der Waals surface area contributed by atoms with Crippen molar-refractivity contribution in [1.82, 2.24) is 0 Å². The van der Waals surface area contributed by atoms with Gasteiger partial charge in [0.15, 0.2) is 0 Å². The van der Waals surface area contributed by atoms with E-state index in [-0.39, 0.29) is 12.1 Å².